The van der Waals surface area contributed by atoms with Crippen LogP contribution in [0.5, 0.6) is 0 Å². The predicted octanol–water partition coefficient (Wildman–Crippen LogP) is 5.08. The van der Waals surface area contributed by atoms with Crippen molar-refractivity contribution < 1.29 is 5.11 Å². The number of aliphatic hydroxyl groups excluding tert-OH is 1. The quantitative estimate of drug-likeness (QED) is 0.642. The van der Waals surface area contributed by atoms with E-state index in [2.05, 4.69) is 29.2 Å². The van der Waals surface area contributed by atoms with Crippen LogP contribution in [-0.4, -0.2) is 16.6 Å². The van der Waals surface area contributed by atoms with Gasteiger partial charge in [0.25, 0.3) is 0 Å². The van der Waals surface area contributed by atoms with Gasteiger partial charge in [0.1, 0.15) is 0 Å². The molecule has 1 atom stereocenters. The molecule has 0 unspecified atom stereocenters. The molecule has 2 nitrogen and oxygen atoms in total. The zero-order chi connectivity index (χ0) is 17.5. The van der Waals surface area contributed by atoms with Crippen molar-refractivity contribution in [3.63, 3.8) is 0 Å². The van der Waals surface area contributed by atoms with Crippen LogP contribution in [0.15, 0.2) is 84.9 Å². The molecular formula is C22H22ClNO. The van der Waals surface area contributed by atoms with Crippen LogP contribution in [0, 0.1) is 0 Å². The summed E-state index contributed by atoms with van der Waals surface area (Å²) in [5.74, 6) is 0. The zero-order valence-electron chi connectivity index (χ0n) is 14.1. The summed E-state index contributed by atoms with van der Waals surface area (Å²) in [6, 6.07) is 28.1. The van der Waals surface area contributed by atoms with Crippen molar-refractivity contribution in [3.05, 3.63) is 107 Å². The highest BCUT2D eigenvalue weighted by Gasteiger charge is 2.14. The molecule has 1 N–H and O–H groups in total. The van der Waals surface area contributed by atoms with Crippen molar-refractivity contribution in [2.45, 2.75) is 19.2 Å². The lowest BCUT2D eigenvalue weighted by atomic mass is 10.1. The average molecular weight is 352 g/mol. The molecule has 3 heteroatoms. The molecule has 25 heavy (non-hydrogen) atoms. The normalized spacial score (nSPS) is 12.3. The molecule has 0 aromatic heterocycles. The first kappa shape index (κ1) is 17.7. The highest BCUT2D eigenvalue weighted by atomic mass is 35.5. The average Bonchev–Trinajstić information content (AvgIpc) is 2.64. The highest BCUT2D eigenvalue weighted by Crippen LogP contribution is 2.20. The number of nitrogens with zero attached hydrogens (tertiary/aromatic N) is 1. The molecule has 0 saturated carbocycles. The van der Waals surface area contributed by atoms with Crippen LogP contribution in [0.3, 0.4) is 0 Å². The van der Waals surface area contributed by atoms with Gasteiger partial charge in [-0.2, -0.15) is 0 Å². The summed E-state index contributed by atoms with van der Waals surface area (Å²) >= 11 is 5.94. The first-order valence-electron chi connectivity index (χ1n) is 8.44. The van der Waals surface area contributed by atoms with E-state index in [0.29, 0.717) is 11.6 Å². The second-order valence-electron chi connectivity index (χ2n) is 6.21. The maximum Gasteiger partial charge on any atom is 0.0917 e. The topological polar surface area (TPSA) is 23.5 Å². The third-order valence-corrected chi connectivity index (χ3v) is 4.44. The Kier molecular flexibility index (Phi) is 6.24. The van der Waals surface area contributed by atoms with Gasteiger partial charge in [-0.15, -0.1) is 0 Å². The predicted molar refractivity (Wildman–Crippen MR) is 103 cm³/mol. The SMILES string of the molecule is O[C@@H](CN(Cc1ccccc1)Cc1ccccc1)c1ccc(Cl)cc1. The maximum absolute atomic E-state index is 10.7. The van der Waals surface area contributed by atoms with Gasteiger partial charge in [0.15, 0.2) is 0 Å². The van der Waals surface area contributed by atoms with Gasteiger partial charge in [-0.05, 0) is 28.8 Å². The van der Waals surface area contributed by atoms with Crippen molar-refractivity contribution >= 4 is 11.6 Å². The zero-order valence-corrected chi connectivity index (χ0v) is 14.8. The monoisotopic (exact) mass is 351 g/mol. The summed E-state index contributed by atoms with van der Waals surface area (Å²) in [5, 5.41) is 11.3. The summed E-state index contributed by atoms with van der Waals surface area (Å²) in [7, 11) is 0. The summed E-state index contributed by atoms with van der Waals surface area (Å²) in [5.41, 5.74) is 3.36. The van der Waals surface area contributed by atoms with E-state index in [1.807, 2.05) is 60.7 Å². The van der Waals surface area contributed by atoms with Gasteiger partial charge >= 0.3 is 0 Å². The van der Waals surface area contributed by atoms with E-state index in [4.69, 9.17) is 11.6 Å². The van der Waals surface area contributed by atoms with Crippen molar-refractivity contribution in [2.24, 2.45) is 0 Å². The van der Waals surface area contributed by atoms with E-state index >= 15 is 0 Å². The molecule has 3 aromatic carbocycles. The van der Waals surface area contributed by atoms with Crippen LogP contribution in [0.25, 0.3) is 0 Å². The lowest BCUT2D eigenvalue weighted by molar-refractivity contribution is 0.105. The van der Waals surface area contributed by atoms with Gasteiger partial charge in [0, 0.05) is 24.7 Å². The minimum Gasteiger partial charge on any atom is -0.387 e. The Hall–Kier alpha value is -2.13. The first-order valence-corrected chi connectivity index (χ1v) is 8.82. The van der Waals surface area contributed by atoms with E-state index in [0.717, 1.165) is 18.7 Å². The summed E-state index contributed by atoms with van der Waals surface area (Å²) in [4.78, 5) is 2.27. The van der Waals surface area contributed by atoms with Gasteiger partial charge in [-0.25, -0.2) is 0 Å². The van der Waals surface area contributed by atoms with E-state index in [-0.39, 0.29) is 0 Å². The van der Waals surface area contributed by atoms with E-state index in [1.165, 1.54) is 11.1 Å². The van der Waals surface area contributed by atoms with Crippen molar-refractivity contribution in [2.75, 3.05) is 6.54 Å². The second-order valence-corrected chi connectivity index (χ2v) is 6.64. The number of benzene rings is 3. The number of rotatable bonds is 7. The number of hydrogen-bond donors (Lipinski definition) is 1. The highest BCUT2D eigenvalue weighted by molar-refractivity contribution is 6.30. The number of halogens is 1. The number of hydrogen-bond acceptors (Lipinski definition) is 2. The molecule has 0 aliphatic rings. The van der Waals surface area contributed by atoms with E-state index < -0.39 is 6.10 Å². The van der Waals surface area contributed by atoms with Gasteiger partial charge in [0.05, 0.1) is 6.10 Å². The maximum atomic E-state index is 10.7. The smallest absolute Gasteiger partial charge is 0.0917 e. The van der Waals surface area contributed by atoms with Crippen LogP contribution in [-0.2, 0) is 13.1 Å². The van der Waals surface area contributed by atoms with Crippen LogP contribution in [0.1, 0.15) is 22.8 Å². The van der Waals surface area contributed by atoms with E-state index in [9.17, 15) is 5.11 Å². The minimum atomic E-state index is -0.551. The molecule has 0 fully saturated rings. The first-order chi connectivity index (χ1) is 12.2. The Labute approximate surface area is 154 Å². The summed E-state index contributed by atoms with van der Waals surface area (Å²) in [6.07, 6.45) is -0.551. The minimum absolute atomic E-state index is 0.551. The molecule has 3 aromatic rings. The fourth-order valence-electron chi connectivity index (χ4n) is 2.90. The molecule has 0 bridgehead atoms. The third kappa shape index (κ3) is 5.43. The van der Waals surface area contributed by atoms with Crippen molar-refractivity contribution in [1.29, 1.82) is 0 Å². The molecule has 0 saturated heterocycles. The Morgan fingerprint density at radius 3 is 1.68 bits per heavy atom. The summed E-state index contributed by atoms with van der Waals surface area (Å²) in [6.45, 7) is 2.15. The fourth-order valence-corrected chi connectivity index (χ4v) is 3.03. The fraction of sp³-hybridized carbons (Fsp3) is 0.182. The molecule has 0 amide bonds. The molecule has 0 radical (unpaired) electrons. The Morgan fingerprint density at radius 2 is 1.20 bits per heavy atom. The van der Waals surface area contributed by atoms with Gasteiger partial charge < -0.3 is 5.11 Å². The Morgan fingerprint density at radius 1 is 0.720 bits per heavy atom. The lowest BCUT2D eigenvalue weighted by Gasteiger charge is -2.25. The van der Waals surface area contributed by atoms with Crippen LogP contribution < -0.4 is 0 Å². The van der Waals surface area contributed by atoms with Gasteiger partial charge in [-0.1, -0.05) is 84.4 Å². The molecule has 0 aliphatic heterocycles. The molecular weight excluding hydrogens is 330 g/mol. The third-order valence-electron chi connectivity index (χ3n) is 4.18. The van der Waals surface area contributed by atoms with Crippen LogP contribution >= 0.6 is 11.6 Å². The Balaban J connectivity index is 1.74. The van der Waals surface area contributed by atoms with Crippen LogP contribution in [0.4, 0.5) is 0 Å². The van der Waals surface area contributed by atoms with Crippen molar-refractivity contribution in [3.8, 4) is 0 Å². The molecule has 0 spiro atoms. The molecule has 128 valence electrons. The second kappa shape index (κ2) is 8.82. The standard InChI is InChI=1S/C22H22ClNO/c23-21-13-11-20(12-14-21)22(25)17-24(15-18-7-3-1-4-8-18)16-19-9-5-2-6-10-19/h1-14,22,25H,15-17H2/t22-/m0/s1. The van der Waals surface area contributed by atoms with Gasteiger partial charge in [0.2, 0.25) is 0 Å². The van der Waals surface area contributed by atoms with Gasteiger partial charge in [-0.3, -0.25) is 4.90 Å². The van der Waals surface area contributed by atoms with E-state index in [1.54, 1.807) is 0 Å². The Bertz CT molecular complexity index is 718. The number of aliphatic hydroxyl groups is 1. The van der Waals surface area contributed by atoms with Crippen LogP contribution in [0.2, 0.25) is 5.02 Å². The summed E-state index contributed by atoms with van der Waals surface area (Å²) < 4.78 is 0. The molecule has 0 aliphatic carbocycles. The lowest BCUT2D eigenvalue weighted by Crippen LogP contribution is -2.28. The molecule has 0 heterocycles. The largest absolute Gasteiger partial charge is 0.387 e. The van der Waals surface area contributed by atoms with Crippen molar-refractivity contribution in [1.82, 2.24) is 4.90 Å². The molecule has 3 rings (SSSR count).